The average molecular weight is 543 g/mol. The van der Waals surface area contributed by atoms with Crippen molar-refractivity contribution >= 4 is 30.4 Å². The fourth-order valence-electron chi connectivity index (χ4n) is 3.54. The van der Waals surface area contributed by atoms with E-state index >= 15 is 0 Å². The Morgan fingerprint density at radius 2 is 1.84 bits per heavy atom. The molecule has 3 rings (SSSR count). The van der Waals surface area contributed by atoms with Gasteiger partial charge < -0.3 is 20.1 Å². The number of hydrogen-bond acceptors (Lipinski definition) is 7. The van der Waals surface area contributed by atoms with Gasteiger partial charge in [0.2, 0.25) is 7.44 Å². The Hall–Kier alpha value is -3.06. The van der Waals surface area contributed by atoms with Gasteiger partial charge in [-0.25, -0.2) is 25.1 Å². The third kappa shape index (κ3) is 7.04. The van der Waals surface area contributed by atoms with E-state index in [1.54, 1.807) is 18.4 Å². The fraction of sp³-hybridized carbons (Fsp3) is 0.455. The number of alkyl halides is 3. The van der Waals surface area contributed by atoms with Crippen molar-refractivity contribution in [2.24, 2.45) is 0 Å². The van der Waals surface area contributed by atoms with Crippen LogP contribution in [0.2, 0.25) is 0 Å². The van der Waals surface area contributed by atoms with Crippen LogP contribution in [0.1, 0.15) is 44.9 Å². The second kappa shape index (κ2) is 10.7. The molecule has 2 heterocycles. The number of carboxylic acid groups (broad SMARTS) is 1. The first kappa shape index (κ1) is 28.5. The lowest BCUT2D eigenvalue weighted by atomic mass is 10.1. The van der Waals surface area contributed by atoms with Crippen molar-refractivity contribution in [1.29, 1.82) is 0 Å². The number of fused-ring (bicyclic) bond motifs is 1. The van der Waals surface area contributed by atoms with Crippen LogP contribution in [0.3, 0.4) is 0 Å². The van der Waals surface area contributed by atoms with Gasteiger partial charge in [0.1, 0.15) is 23.7 Å². The number of nitrogens with zero attached hydrogens (tertiary/aromatic N) is 4. The molecule has 2 aromatic heterocycles. The predicted molar refractivity (Wildman–Crippen MR) is 131 cm³/mol. The topological polar surface area (TPSA) is 157 Å². The maximum absolute atomic E-state index is 13.9. The minimum atomic E-state index is -4.49. The highest BCUT2D eigenvalue weighted by molar-refractivity contribution is 7.59. The summed E-state index contributed by atoms with van der Waals surface area (Å²) < 4.78 is 60.1. The minimum Gasteiger partial charge on any atom is -0.480 e. The number of hydrogen-bond donors (Lipinski definition) is 4. The van der Waals surface area contributed by atoms with Crippen LogP contribution >= 0.6 is 7.44 Å². The number of carboxylic acids is 1. The molecule has 15 heteroatoms. The second-order valence-electron chi connectivity index (χ2n) is 9.19. The Morgan fingerprint density at radius 1 is 1.19 bits per heavy atom. The quantitative estimate of drug-likeness (QED) is 0.262. The van der Waals surface area contributed by atoms with Gasteiger partial charge in [0.25, 0.3) is 0 Å². The van der Waals surface area contributed by atoms with Crippen molar-refractivity contribution in [3.8, 4) is 0 Å². The number of aromatic nitrogens is 4. The molecule has 11 nitrogen and oxygen atoms in total. The van der Waals surface area contributed by atoms with E-state index in [2.05, 4.69) is 25.1 Å². The average Bonchev–Trinajstić information content (AvgIpc) is 3.21. The van der Waals surface area contributed by atoms with Crippen molar-refractivity contribution in [3.63, 3.8) is 0 Å². The first-order valence-electron chi connectivity index (χ1n) is 11.2. The number of nitrogens with two attached hydrogens (primary N) is 1. The molecular formula is C22H29F3N7O4P. The molecule has 37 heavy (non-hydrogen) atoms. The zero-order valence-corrected chi connectivity index (χ0v) is 21.5. The molecule has 0 radical (unpaired) electrons. The van der Waals surface area contributed by atoms with Crippen molar-refractivity contribution in [2.75, 3.05) is 12.1 Å². The van der Waals surface area contributed by atoms with Gasteiger partial charge in [-0.2, -0.15) is 13.2 Å². The first-order chi connectivity index (χ1) is 17.1. The number of benzene rings is 1. The smallest absolute Gasteiger partial charge is 0.416 e. The lowest BCUT2D eigenvalue weighted by Gasteiger charge is -2.32. The molecule has 0 aliphatic heterocycles. The zero-order valence-electron chi connectivity index (χ0n) is 20.7. The molecule has 5 N–H and O–H groups in total. The van der Waals surface area contributed by atoms with Gasteiger partial charge in [-0.3, -0.25) is 9.36 Å². The molecule has 0 fully saturated rings. The largest absolute Gasteiger partial charge is 0.480 e. The number of halogens is 3. The van der Waals surface area contributed by atoms with Crippen molar-refractivity contribution in [2.45, 2.75) is 58.1 Å². The maximum atomic E-state index is 13.9. The molecule has 0 spiro atoms. The van der Waals surface area contributed by atoms with E-state index in [0.717, 1.165) is 12.1 Å². The first-order valence-corrected chi connectivity index (χ1v) is 13.1. The molecule has 0 aliphatic carbocycles. The number of carbonyl (C=O) groups is 1. The van der Waals surface area contributed by atoms with Gasteiger partial charge in [0.05, 0.1) is 24.5 Å². The molecule has 0 saturated heterocycles. The molecule has 0 aliphatic rings. The highest BCUT2D eigenvalue weighted by Gasteiger charge is 2.37. The van der Waals surface area contributed by atoms with Gasteiger partial charge in [-0.1, -0.05) is 12.1 Å². The Morgan fingerprint density at radius 3 is 2.43 bits per heavy atom. The van der Waals surface area contributed by atoms with E-state index < -0.39 is 49.2 Å². The van der Waals surface area contributed by atoms with Crippen LogP contribution in [0.5, 0.6) is 0 Å². The molecule has 3 atom stereocenters. The zero-order chi connectivity index (χ0) is 27.6. The standard InChI is InChI=1S/C22H29F3N7O4P/c1-13(9-32-11-29-17-18(26)27-10-28-19(17)32)36-12-37(35,31-21(3,4)20(33)34)30-14(2)15-5-7-16(8-6-15)22(23,24)25/h5-8,10-11,13-14H,9,12H2,1-4H3,(H,33,34)(H2,26,27,28)(H2,30,31,35)/t13-,14+,37?/m1/s1. The van der Waals surface area contributed by atoms with Gasteiger partial charge in [0.15, 0.2) is 11.5 Å². The Balaban J connectivity index is 1.75. The third-order valence-corrected chi connectivity index (χ3v) is 7.80. The molecule has 3 aromatic rings. The van der Waals surface area contributed by atoms with E-state index in [9.17, 15) is 27.6 Å². The summed E-state index contributed by atoms with van der Waals surface area (Å²) in [7, 11) is -3.76. The van der Waals surface area contributed by atoms with E-state index in [0.29, 0.717) is 16.7 Å². The summed E-state index contributed by atoms with van der Waals surface area (Å²) in [6.07, 6.45) is -2.58. The molecule has 1 aromatic carbocycles. The minimum absolute atomic E-state index is 0.225. The number of nitrogen functional groups attached to an aromatic ring is 1. The maximum Gasteiger partial charge on any atom is 0.416 e. The highest BCUT2D eigenvalue weighted by atomic mass is 31.2. The van der Waals surface area contributed by atoms with Crippen LogP contribution in [0.25, 0.3) is 11.2 Å². The monoisotopic (exact) mass is 543 g/mol. The Labute approximate surface area is 211 Å². The highest BCUT2D eigenvalue weighted by Crippen LogP contribution is 2.42. The molecule has 0 bridgehead atoms. The summed E-state index contributed by atoms with van der Waals surface area (Å²) in [5.41, 5.74) is 4.75. The summed E-state index contributed by atoms with van der Waals surface area (Å²) in [5, 5.41) is 15.0. The van der Waals surface area contributed by atoms with Crippen molar-refractivity contribution in [1.82, 2.24) is 29.7 Å². The number of nitrogens with one attached hydrogen (secondary N) is 2. The van der Waals surface area contributed by atoms with Crippen molar-refractivity contribution in [3.05, 3.63) is 48.0 Å². The van der Waals surface area contributed by atoms with Crippen LogP contribution in [0.4, 0.5) is 19.0 Å². The second-order valence-corrected chi connectivity index (χ2v) is 11.4. The van der Waals surface area contributed by atoms with E-state index in [4.69, 9.17) is 10.5 Å². The normalized spacial score (nSPS) is 15.9. The number of rotatable bonds is 11. The van der Waals surface area contributed by atoms with Crippen LogP contribution in [-0.2, 0) is 26.8 Å². The summed E-state index contributed by atoms with van der Waals surface area (Å²) in [5.74, 6) is -1.02. The van der Waals surface area contributed by atoms with Crippen LogP contribution in [0.15, 0.2) is 36.9 Å². The summed E-state index contributed by atoms with van der Waals surface area (Å²) in [6, 6.07) is 3.71. The predicted octanol–water partition coefficient (Wildman–Crippen LogP) is 3.79. The Kier molecular flexibility index (Phi) is 8.27. The Bertz CT molecular complexity index is 1300. The number of aliphatic carboxylic acids is 1. The summed E-state index contributed by atoms with van der Waals surface area (Å²) in [4.78, 5) is 23.9. The van der Waals surface area contributed by atoms with Crippen LogP contribution in [-0.4, -0.2) is 48.6 Å². The number of ether oxygens (including phenoxy) is 1. The molecule has 0 amide bonds. The van der Waals surface area contributed by atoms with Gasteiger partial charge in [-0.15, -0.1) is 0 Å². The molecule has 0 saturated carbocycles. The van der Waals surface area contributed by atoms with E-state index in [-0.39, 0.29) is 12.4 Å². The van der Waals surface area contributed by atoms with Gasteiger partial charge in [-0.05, 0) is 45.4 Å². The fourth-order valence-corrected chi connectivity index (χ4v) is 5.98. The molecule has 1 unspecified atom stereocenters. The lowest BCUT2D eigenvalue weighted by molar-refractivity contribution is -0.142. The number of anilines is 1. The lowest BCUT2D eigenvalue weighted by Crippen LogP contribution is -2.47. The third-order valence-electron chi connectivity index (χ3n) is 5.56. The summed E-state index contributed by atoms with van der Waals surface area (Å²) >= 11 is 0. The van der Waals surface area contributed by atoms with Gasteiger partial charge >= 0.3 is 12.1 Å². The number of imidazole rings is 1. The van der Waals surface area contributed by atoms with Crippen LogP contribution < -0.4 is 15.9 Å². The van der Waals surface area contributed by atoms with E-state index in [1.807, 2.05) is 0 Å². The SMILES string of the molecule is C[C@H](Cn1cnc2c(N)ncnc21)OCP(=O)(N[C@@H](C)c1ccc(C(F)(F)F)cc1)NC(C)(C)C(=O)O. The molecular weight excluding hydrogens is 514 g/mol. The van der Waals surface area contributed by atoms with Crippen LogP contribution in [0, 0.1) is 0 Å². The van der Waals surface area contributed by atoms with E-state index in [1.165, 1.54) is 38.6 Å². The summed E-state index contributed by atoms with van der Waals surface area (Å²) in [6.45, 7) is 6.29. The van der Waals surface area contributed by atoms with Crippen molar-refractivity contribution < 1.29 is 32.4 Å². The molecule has 202 valence electrons. The van der Waals surface area contributed by atoms with Gasteiger partial charge in [0, 0.05) is 6.04 Å².